The summed E-state index contributed by atoms with van der Waals surface area (Å²) in [6.07, 6.45) is 14.1. The zero-order valence-electron chi connectivity index (χ0n) is 19.0. The first-order chi connectivity index (χ1) is 14.0. The minimum Gasteiger partial charge on any atom is -0.756 e. The molecule has 0 bridgehead atoms. The van der Waals surface area contributed by atoms with Crippen molar-refractivity contribution < 1.29 is 32.9 Å². The van der Waals surface area contributed by atoms with E-state index in [1.807, 2.05) is 34.1 Å². The predicted octanol–water partition coefficient (Wildman–Crippen LogP) is 2.31. The van der Waals surface area contributed by atoms with Crippen LogP contribution in [0.2, 0.25) is 0 Å². The Morgan fingerprint density at radius 3 is 2.20 bits per heavy atom. The third-order valence-electron chi connectivity index (χ3n) is 3.96. The van der Waals surface area contributed by atoms with Gasteiger partial charge in [-0.15, -0.1) is 0 Å². The summed E-state index contributed by atoms with van der Waals surface area (Å²) in [5.74, 6) is -0.396. The number of nitrogens with one attached hydrogen (secondary N) is 1. The average molecular weight is 447 g/mol. The van der Waals surface area contributed by atoms with Gasteiger partial charge in [0.1, 0.15) is 13.2 Å². The fourth-order valence-electron chi connectivity index (χ4n) is 2.28. The average Bonchev–Trinajstić information content (AvgIpc) is 2.62. The highest BCUT2D eigenvalue weighted by molar-refractivity contribution is 7.45. The molecule has 0 saturated carbocycles. The zero-order valence-corrected chi connectivity index (χ0v) is 19.8. The number of quaternary nitrogens is 1. The molecule has 0 aromatic carbocycles. The van der Waals surface area contributed by atoms with Crippen molar-refractivity contribution in [1.82, 2.24) is 5.32 Å². The lowest BCUT2D eigenvalue weighted by Gasteiger charge is -2.29. The minimum atomic E-state index is -4.53. The van der Waals surface area contributed by atoms with E-state index in [-0.39, 0.29) is 6.61 Å². The highest BCUT2D eigenvalue weighted by Gasteiger charge is 2.22. The number of hydrogen-bond donors (Lipinski definition) is 2. The van der Waals surface area contributed by atoms with Crippen molar-refractivity contribution in [2.24, 2.45) is 0 Å². The molecule has 0 aromatic rings. The van der Waals surface area contributed by atoms with Crippen LogP contribution in [0.3, 0.4) is 0 Å². The number of likely N-dealkylation sites (N-methyl/N-ethyl adjacent to an activating group) is 1. The van der Waals surface area contributed by atoms with Gasteiger partial charge in [-0.2, -0.15) is 0 Å². The van der Waals surface area contributed by atoms with Crippen LogP contribution in [-0.2, 0) is 18.4 Å². The molecule has 0 spiro atoms. The van der Waals surface area contributed by atoms with Crippen LogP contribution >= 0.6 is 7.82 Å². The second-order valence-corrected chi connectivity index (χ2v) is 9.42. The second-order valence-electron chi connectivity index (χ2n) is 8.01. The highest BCUT2D eigenvalue weighted by Crippen LogP contribution is 2.38. The largest absolute Gasteiger partial charge is 0.756 e. The molecule has 0 heterocycles. The van der Waals surface area contributed by atoms with Gasteiger partial charge in [0.25, 0.3) is 7.82 Å². The maximum Gasteiger partial charge on any atom is 0.268 e. The van der Waals surface area contributed by atoms with Crippen LogP contribution < -0.4 is 10.2 Å². The van der Waals surface area contributed by atoms with E-state index in [1.54, 1.807) is 6.08 Å². The van der Waals surface area contributed by atoms with Crippen molar-refractivity contribution in [2.45, 2.75) is 51.7 Å². The molecule has 30 heavy (non-hydrogen) atoms. The van der Waals surface area contributed by atoms with Gasteiger partial charge in [-0.25, -0.2) is 0 Å². The molecule has 3 atom stereocenters. The number of unbranched alkanes of at least 4 members (excludes halogenated alkanes) is 2. The Balaban J connectivity index is 4.50. The molecular weight excluding hydrogens is 407 g/mol. The number of rotatable bonds is 16. The Labute approximate surface area is 181 Å². The molecule has 9 heteroatoms. The molecule has 0 aliphatic carbocycles. The number of hydrogen-bond acceptors (Lipinski definition) is 6. The van der Waals surface area contributed by atoms with Gasteiger partial charge >= 0.3 is 0 Å². The first kappa shape index (κ1) is 28.7. The Bertz CT molecular complexity index is 613. The van der Waals surface area contributed by atoms with Crippen molar-refractivity contribution in [1.29, 1.82) is 0 Å². The summed E-state index contributed by atoms with van der Waals surface area (Å²) in [5, 5.41) is 12.8. The molecule has 3 unspecified atom stereocenters. The number of amides is 1. The first-order valence-corrected chi connectivity index (χ1v) is 11.7. The van der Waals surface area contributed by atoms with Gasteiger partial charge in [0.05, 0.1) is 39.9 Å². The van der Waals surface area contributed by atoms with Crippen molar-refractivity contribution in [2.75, 3.05) is 40.9 Å². The molecule has 0 aliphatic heterocycles. The van der Waals surface area contributed by atoms with E-state index in [4.69, 9.17) is 9.05 Å². The van der Waals surface area contributed by atoms with E-state index in [0.717, 1.165) is 25.7 Å². The van der Waals surface area contributed by atoms with Gasteiger partial charge in [-0.05, 0) is 32.6 Å². The molecule has 0 aromatic heterocycles. The molecular formula is C21H39N2O6P. The highest BCUT2D eigenvalue weighted by atomic mass is 31.2. The minimum absolute atomic E-state index is 0.0141. The molecule has 0 aliphatic rings. The van der Waals surface area contributed by atoms with E-state index >= 15 is 0 Å². The Morgan fingerprint density at radius 1 is 1.10 bits per heavy atom. The standard InChI is InChI=1S/C21H39N2O6P/c1-6-7-8-9-10-11-12-13-14-15-21(25)20(22-19(2)24)18-29-30(26,27)28-17-16-23(3,4)5/h6-7,10-11,14-15,20-21,25H,8-9,12-13,16-18H2,1-5H3,(H-,22,24,26,27)/b7-6+,11-10+,15-14+. The van der Waals surface area contributed by atoms with Gasteiger partial charge < -0.3 is 28.8 Å². The summed E-state index contributed by atoms with van der Waals surface area (Å²) in [5.41, 5.74) is 0. The SMILES string of the molecule is C/C=C/CC/C=C/CC/C=C/C(O)C(COP(=O)([O-])OCC[N+](C)(C)C)NC(C)=O. The van der Waals surface area contributed by atoms with Crippen LogP contribution in [0.25, 0.3) is 0 Å². The third kappa shape index (κ3) is 17.6. The number of carbonyl (C=O) groups is 1. The molecule has 174 valence electrons. The summed E-state index contributed by atoms with van der Waals surface area (Å²) in [4.78, 5) is 23.3. The van der Waals surface area contributed by atoms with Gasteiger partial charge in [-0.1, -0.05) is 36.5 Å². The summed E-state index contributed by atoms with van der Waals surface area (Å²) in [6.45, 7) is 3.34. The topological polar surface area (TPSA) is 108 Å². The van der Waals surface area contributed by atoms with Crippen LogP contribution in [0.5, 0.6) is 0 Å². The lowest BCUT2D eigenvalue weighted by Crippen LogP contribution is -2.45. The quantitative estimate of drug-likeness (QED) is 0.163. The van der Waals surface area contributed by atoms with E-state index in [9.17, 15) is 19.4 Å². The number of phosphoric acid groups is 1. The van der Waals surface area contributed by atoms with E-state index < -0.39 is 32.5 Å². The summed E-state index contributed by atoms with van der Waals surface area (Å²) in [7, 11) is 1.21. The molecule has 0 radical (unpaired) electrons. The summed E-state index contributed by atoms with van der Waals surface area (Å²) >= 11 is 0. The number of phosphoric ester groups is 1. The van der Waals surface area contributed by atoms with Gasteiger partial charge in [0, 0.05) is 6.92 Å². The Kier molecular flexibility index (Phi) is 14.8. The van der Waals surface area contributed by atoms with Crippen LogP contribution in [0.4, 0.5) is 0 Å². The molecule has 0 rings (SSSR count). The lowest BCUT2D eigenvalue weighted by molar-refractivity contribution is -0.870. The monoisotopic (exact) mass is 446 g/mol. The van der Waals surface area contributed by atoms with Gasteiger partial charge in [0.2, 0.25) is 5.91 Å². The van der Waals surface area contributed by atoms with Crippen molar-refractivity contribution in [3.05, 3.63) is 36.5 Å². The maximum atomic E-state index is 11.9. The number of aliphatic hydroxyl groups excluding tert-OH is 1. The second kappa shape index (κ2) is 15.5. The van der Waals surface area contributed by atoms with Crippen molar-refractivity contribution >= 4 is 13.7 Å². The molecule has 2 N–H and O–H groups in total. The molecule has 8 nitrogen and oxygen atoms in total. The van der Waals surface area contributed by atoms with Crippen LogP contribution in [0.15, 0.2) is 36.5 Å². The van der Waals surface area contributed by atoms with E-state index in [2.05, 4.69) is 23.5 Å². The van der Waals surface area contributed by atoms with Crippen LogP contribution in [0.1, 0.15) is 39.5 Å². The fraction of sp³-hybridized carbons (Fsp3) is 0.667. The number of nitrogens with zero attached hydrogens (tertiary/aromatic N) is 1. The zero-order chi connectivity index (χ0) is 23.0. The van der Waals surface area contributed by atoms with E-state index in [0.29, 0.717) is 11.0 Å². The molecule has 0 saturated heterocycles. The summed E-state index contributed by atoms with van der Waals surface area (Å²) in [6, 6.07) is -0.903. The Hall–Kier alpha value is -1.28. The molecule has 0 fully saturated rings. The summed E-state index contributed by atoms with van der Waals surface area (Å²) < 4.78 is 22.2. The number of allylic oxidation sites excluding steroid dienone is 5. The number of carbonyl (C=O) groups excluding carboxylic acids is 1. The first-order valence-electron chi connectivity index (χ1n) is 10.3. The molecule has 1 amide bonds. The van der Waals surface area contributed by atoms with Crippen molar-refractivity contribution in [3.8, 4) is 0 Å². The van der Waals surface area contributed by atoms with Crippen LogP contribution in [-0.4, -0.2) is 68.5 Å². The lowest BCUT2D eigenvalue weighted by atomic mass is 10.1. The predicted molar refractivity (Wildman–Crippen MR) is 118 cm³/mol. The van der Waals surface area contributed by atoms with Gasteiger partial charge in [0.15, 0.2) is 0 Å². The van der Waals surface area contributed by atoms with Crippen molar-refractivity contribution in [3.63, 3.8) is 0 Å². The maximum absolute atomic E-state index is 11.9. The Morgan fingerprint density at radius 2 is 1.67 bits per heavy atom. The smallest absolute Gasteiger partial charge is 0.268 e. The fourth-order valence-corrected chi connectivity index (χ4v) is 3.00. The number of aliphatic hydroxyl groups is 1. The normalized spacial score (nSPS) is 16.9. The van der Waals surface area contributed by atoms with Gasteiger partial charge in [-0.3, -0.25) is 9.36 Å². The third-order valence-corrected chi connectivity index (χ3v) is 4.92. The van der Waals surface area contributed by atoms with Crippen LogP contribution in [0, 0.1) is 0 Å². The van der Waals surface area contributed by atoms with E-state index in [1.165, 1.54) is 13.0 Å².